The number of carboxylic acid groups (broad SMARTS) is 1. The number of nitrogens with zero attached hydrogens (tertiary/aromatic N) is 3. The fourth-order valence-electron chi connectivity index (χ4n) is 3.31. The minimum absolute atomic E-state index is 0.133. The zero-order chi connectivity index (χ0) is 24.2. The number of aromatic nitrogens is 2. The summed E-state index contributed by atoms with van der Waals surface area (Å²) in [5.74, 6) is -0.444. The Balaban J connectivity index is 1.91. The molecule has 4 aromatic rings. The van der Waals surface area contributed by atoms with Crippen molar-refractivity contribution in [3.05, 3.63) is 87.7 Å². The van der Waals surface area contributed by atoms with E-state index in [1.54, 1.807) is 24.3 Å². The molecule has 1 heterocycles. The van der Waals surface area contributed by atoms with Crippen LogP contribution in [0.3, 0.4) is 0 Å². The van der Waals surface area contributed by atoms with E-state index in [0.717, 1.165) is 0 Å². The van der Waals surface area contributed by atoms with Crippen LogP contribution in [0.15, 0.2) is 76.6 Å². The minimum Gasteiger partial charge on any atom is -0.493 e. The number of hydrogen-bond donors (Lipinski definition) is 1. The van der Waals surface area contributed by atoms with Crippen molar-refractivity contribution in [3.63, 3.8) is 0 Å². The number of benzene rings is 3. The lowest BCUT2D eigenvalue weighted by Crippen LogP contribution is -2.24. The maximum Gasteiger partial charge on any atom is 0.344 e. The third kappa shape index (κ3) is 4.62. The van der Waals surface area contributed by atoms with Crippen LogP contribution in [0.4, 0.5) is 0 Å². The van der Waals surface area contributed by atoms with Gasteiger partial charge in [0.15, 0.2) is 23.4 Å². The number of carboxylic acids is 1. The molecular formula is C25H20ClN3O5. The van der Waals surface area contributed by atoms with E-state index in [9.17, 15) is 14.7 Å². The highest BCUT2D eigenvalue weighted by Crippen LogP contribution is 2.34. The molecule has 34 heavy (non-hydrogen) atoms. The van der Waals surface area contributed by atoms with Crippen LogP contribution >= 0.6 is 11.6 Å². The first kappa shape index (κ1) is 23.0. The Morgan fingerprint density at radius 1 is 1.15 bits per heavy atom. The van der Waals surface area contributed by atoms with Crippen LogP contribution in [0.1, 0.15) is 12.5 Å². The number of ether oxygens (including phenoxy) is 2. The van der Waals surface area contributed by atoms with E-state index in [4.69, 9.17) is 21.1 Å². The molecule has 9 heteroatoms. The standard InChI is InChI=1S/C25H20ClN3O5/c1-15(25(31)32)34-22-17(12-18(26)13-21(22)33-2)14-27-29-23(16-8-4-3-5-9-16)28-20-11-7-6-10-19(20)24(29)30/h3-15H,1-2H3,(H,31,32)/t15-/m0/s1. The summed E-state index contributed by atoms with van der Waals surface area (Å²) in [6, 6.07) is 19.2. The van der Waals surface area contributed by atoms with Gasteiger partial charge >= 0.3 is 5.97 Å². The Labute approximate surface area is 199 Å². The van der Waals surface area contributed by atoms with Gasteiger partial charge in [0.2, 0.25) is 0 Å². The fraction of sp³-hybridized carbons (Fsp3) is 0.120. The Morgan fingerprint density at radius 2 is 1.85 bits per heavy atom. The van der Waals surface area contributed by atoms with Gasteiger partial charge in [-0.2, -0.15) is 9.78 Å². The molecule has 0 aliphatic rings. The molecule has 172 valence electrons. The molecule has 0 saturated carbocycles. The van der Waals surface area contributed by atoms with Gasteiger partial charge < -0.3 is 14.6 Å². The van der Waals surface area contributed by atoms with E-state index >= 15 is 0 Å². The molecule has 0 fully saturated rings. The van der Waals surface area contributed by atoms with Gasteiger partial charge in [-0.25, -0.2) is 9.78 Å². The number of halogens is 1. The molecule has 0 saturated heterocycles. The number of para-hydroxylation sites is 1. The van der Waals surface area contributed by atoms with E-state index < -0.39 is 12.1 Å². The second-order valence-electron chi connectivity index (χ2n) is 7.30. The maximum absolute atomic E-state index is 13.3. The Kier molecular flexibility index (Phi) is 6.60. The Morgan fingerprint density at radius 3 is 2.56 bits per heavy atom. The number of hydrogen-bond acceptors (Lipinski definition) is 6. The molecule has 0 radical (unpaired) electrons. The van der Waals surface area contributed by atoms with Gasteiger partial charge in [-0.1, -0.05) is 54.1 Å². The Bertz CT molecular complexity index is 1450. The first-order valence-corrected chi connectivity index (χ1v) is 10.7. The van der Waals surface area contributed by atoms with E-state index in [-0.39, 0.29) is 17.1 Å². The first-order valence-electron chi connectivity index (χ1n) is 10.3. The van der Waals surface area contributed by atoms with Crippen molar-refractivity contribution in [1.82, 2.24) is 9.66 Å². The van der Waals surface area contributed by atoms with Gasteiger partial charge in [0.05, 0.1) is 24.2 Å². The van der Waals surface area contributed by atoms with Crippen LogP contribution in [0.5, 0.6) is 11.5 Å². The normalized spacial score (nSPS) is 12.1. The van der Waals surface area contributed by atoms with Crippen LogP contribution in [0.2, 0.25) is 5.02 Å². The summed E-state index contributed by atoms with van der Waals surface area (Å²) in [4.78, 5) is 29.3. The third-order valence-corrected chi connectivity index (χ3v) is 5.23. The highest BCUT2D eigenvalue weighted by atomic mass is 35.5. The number of carbonyl (C=O) groups is 1. The number of rotatable bonds is 7. The lowest BCUT2D eigenvalue weighted by molar-refractivity contribution is -0.144. The van der Waals surface area contributed by atoms with Crippen LogP contribution in [0, 0.1) is 0 Å². The summed E-state index contributed by atoms with van der Waals surface area (Å²) in [5.41, 5.74) is 1.20. The van der Waals surface area contributed by atoms with E-state index in [0.29, 0.717) is 32.9 Å². The lowest BCUT2D eigenvalue weighted by atomic mass is 10.2. The third-order valence-electron chi connectivity index (χ3n) is 5.01. The molecule has 0 aliphatic heterocycles. The van der Waals surface area contributed by atoms with Gasteiger partial charge in [0, 0.05) is 22.2 Å². The predicted molar refractivity (Wildman–Crippen MR) is 130 cm³/mol. The van der Waals surface area contributed by atoms with E-state index in [1.807, 2.05) is 36.4 Å². The van der Waals surface area contributed by atoms with Crippen molar-refractivity contribution in [1.29, 1.82) is 0 Å². The molecule has 3 aromatic carbocycles. The van der Waals surface area contributed by atoms with E-state index in [2.05, 4.69) is 10.1 Å². The molecule has 4 rings (SSSR count). The summed E-state index contributed by atoms with van der Waals surface area (Å²) < 4.78 is 12.1. The number of methoxy groups -OCH3 is 1. The molecule has 0 bridgehead atoms. The highest BCUT2D eigenvalue weighted by molar-refractivity contribution is 6.31. The summed E-state index contributed by atoms with van der Waals surface area (Å²) in [6.07, 6.45) is 0.204. The average molecular weight is 478 g/mol. The fourth-order valence-corrected chi connectivity index (χ4v) is 3.53. The summed E-state index contributed by atoms with van der Waals surface area (Å²) >= 11 is 6.22. The molecule has 0 unspecified atom stereocenters. The van der Waals surface area contributed by atoms with Crippen molar-refractivity contribution in [2.45, 2.75) is 13.0 Å². The van der Waals surface area contributed by atoms with Crippen LogP contribution in [0.25, 0.3) is 22.3 Å². The van der Waals surface area contributed by atoms with E-state index in [1.165, 1.54) is 31.0 Å². The number of fused-ring (bicyclic) bond motifs is 1. The SMILES string of the molecule is COc1cc(Cl)cc(C=Nn2c(-c3ccccc3)nc3ccccc3c2=O)c1O[C@@H](C)C(=O)O. The van der Waals surface area contributed by atoms with Crippen LogP contribution < -0.4 is 15.0 Å². The minimum atomic E-state index is -1.16. The molecule has 0 amide bonds. The molecular weight excluding hydrogens is 458 g/mol. The Hall–Kier alpha value is -4.17. The molecule has 0 spiro atoms. The second kappa shape index (κ2) is 9.76. The number of aliphatic carboxylic acids is 1. The smallest absolute Gasteiger partial charge is 0.344 e. The topological polar surface area (TPSA) is 103 Å². The van der Waals surface area contributed by atoms with Gasteiger partial charge in [-0.15, -0.1) is 0 Å². The summed E-state index contributed by atoms with van der Waals surface area (Å²) in [5, 5.41) is 14.4. The van der Waals surface area contributed by atoms with Gasteiger partial charge in [0.1, 0.15) is 0 Å². The van der Waals surface area contributed by atoms with Crippen LogP contribution in [-0.4, -0.2) is 40.2 Å². The van der Waals surface area contributed by atoms with Crippen molar-refractivity contribution >= 4 is 34.7 Å². The van der Waals surface area contributed by atoms with Gasteiger partial charge in [-0.05, 0) is 25.1 Å². The maximum atomic E-state index is 13.3. The van der Waals surface area contributed by atoms with Crippen molar-refractivity contribution in [2.24, 2.45) is 5.10 Å². The molecule has 1 aromatic heterocycles. The predicted octanol–water partition coefficient (Wildman–Crippen LogP) is 4.46. The van der Waals surface area contributed by atoms with Gasteiger partial charge in [0.25, 0.3) is 5.56 Å². The van der Waals surface area contributed by atoms with Crippen molar-refractivity contribution in [2.75, 3.05) is 7.11 Å². The lowest BCUT2D eigenvalue weighted by Gasteiger charge is -2.16. The van der Waals surface area contributed by atoms with Crippen LogP contribution in [-0.2, 0) is 4.79 Å². The summed E-state index contributed by atoms with van der Waals surface area (Å²) in [7, 11) is 1.41. The van der Waals surface area contributed by atoms with Gasteiger partial charge in [-0.3, -0.25) is 4.79 Å². The zero-order valence-corrected chi connectivity index (χ0v) is 19.1. The van der Waals surface area contributed by atoms with Crippen molar-refractivity contribution < 1.29 is 19.4 Å². The quantitative estimate of drug-likeness (QED) is 0.394. The summed E-state index contributed by atoms with van der Waals surface area (Å²) in [6.45, 7) is 1.39. The highest BCUT2D eigenvalue weighted by Gasteiger charge is 2.19. The zero-order valence-electron chi connectivity index (χ0n) is 18.3. The van der Waals surface area contributed by atoms with Crippen molar-refractivity contribution in [3.8, 4) is 22.9 Å². The molecule has 1 atom stereocenters. The first-order chi connectivity index (χ1) is 16.4. The molecule has 0 aliphatic carbocycles. The molecule has 8 nitrogen and oxygen atoms in total. The monoisotopic (exact) mass is 477 g/mol. The largest absolute Gasteiger partial charge is 0.493 e. The average Bonchev–Trinajstić information content (AvgIpc) is 2.84. The molecule has 1 N–H and O–H groups in total. The second-order valence-corrected chi connectivity index (χ2v) is 7.74.